The van der Waals surface area contributed by atoms with Crippen molar-refractivity contribution in [1.82, 2.24) is 9.88 Å². The molecule has 160 valence electrons. The molecule has 8 nitrogen and oxygen atoms in total. The molecular weight excluding hydrogens is 445 g/mol. The summed E-state index contributed by atoms with van der Waals surface area (Å²) in [5, 5.41) is 15.9. The standard InChI is InChI=1S/C17H15F3N4O4S2/c18-17(19,20)10-3-4-13(12(8-10)24(27)28)30-9-14(25)23-6-1-2-11(23)15(26)22-16-21-5-7-29-16/h3-5,7-8,11H,1-2,6,9H2,(H,21,22,26). The maximum absolute atomic E-state index is 12.8. The Morgan fingerprint density at radius 2 is 2.17 bits per heavy atom. The van der Waals surface area contributed by atoms with Gasteiger partial charge in [-0.3, -0.25) is 19.7 Å². The molecule has 2 aromatic rings. The number of carbonyl (C=O) groups excluding carboxylic acids is 2. The molecule has 0 bridgehead atoms. The number of nitrogens with one attached hydrogen (secondary N) is 1. The van der Waals surface area contributed by atoms with Crippen LogP contribution in [0.15, 0.2) is 34.7 Å². The Balaban J connectivity index is 1.67. The molecule has 0 saturated carbocycles. The number of amides is 2. The van der Waals surface area contributed by atoms with E-state index in [-0.39, 0.29) is 16.6 Å². The number of hydrogen-bond acceptors (Lipinski definition) is 7. The third-order valence-corrected chi connectivity index (χ3v) is 6.11. The van der Waals surface area contributed by atoms with Gasteiger partial charge in [0.2, 0.25) is 11.8 Å². The fraction of sp³-hybridized carbons (Fsp3) is 0.353. The summed E-state index contributed by atoms with van der Waals surface area (Å²) in [5.41, 5.74) is -1.86. The van der Waals surface area contributed by atoms with E-state index in [2.05, 4.69) is 10.3 Å². The van der Waals surface area contributed by atoms with Crippen LogP contribution in [0.5, 0.6) is 0 Å². The van der Waals surface area contributed by atoms with Crippen molar-refractivity contribution in [2.24, 2.45) is 0 Å². The summed E-state index contributed by atoms with van der Waals surface area (Å²) in [6, 6.07) is 1.48. The molecule has 3 rings (SSSR count). The molecule has 1 aliphatic heterocycles. The van der Waals surface area contributed by atoms with Gasteiger partial charge in [0.1, 0.15) is 6.04 Å². The Morgan fingerprint density at radius 3 is 2.80 bits per heavy atom. The monoisotopic (exact) mass is 460 g/mol. The topological polar surface area (TPSA) is 105 Å². The lowest BCUT2D eigenvalue weighted by atomic mass is 10.2. The molecule has 1 aliphatic rings. The molecule has 13 heteroatoms. The Morgan fingerprint density at radius 1 is 1.40 bits per heavy atom. The summed E-state index contributed by atoms with van der Waals surface area (Å²) in [6.45, 7) is 0.352. The Bertz CT molecular complexity index is 953. The maximum atomic E-state index is 12.8. The highest BCUT2D eigenvalue weighted by atomic mass is 32.2. The van der Waals surface area contributed by atoms with Gasteiger partial charge in [0.25, 0.3) is 5.69 Å². The highest BCUT2D eigenvalue weighted by molar-refractivity contribution is 8.00. The highest BCUT2D eigenvalue weighted by Gasteiger charge is 2.35. The maximum Gasteiger partial charge on any atom is 0.416 e. The van der Waals surface area contributed by atoms with E-state index in [4.69, 9.17) is 0 Å². The van der Waals surface area contributed by atoms with E-state index in [1.165, 1.54) is 22.4 Å². The van der Waals surface area contributed by atoms with Crippen molar-refractivity contribution in [2.75, 3.05) is 17.6 Å². The summed E-state index contributed by atoms with van der Waals surface area (Å²) in [5.74, 6) is -1.04. The first-order valence-electron chi connectivity index (χ1n) is 8.65. The molecule has 1 N–H and O–H groups in total. The van der Waals surface area contributed by atoms with Gasteiger partial charge in [0.05, 0.1) is 21.1 Å². The van der Waals surface area contributed by atoms with Gasteiger partial charge in [-0.25, -0.2) is 4.98 Å². The van der Waals surface area contributed by atoms with Crippen LogP contribution in [0.3, 0.4) is 0 Å². The van der Waals surface area contributed by atoms with Gasteiger partial charge >= 0.3 is 6.18 Å². The number of carbonyl (C=O) groups is 2. The first-order valence-corrected chi connectivity index (χ1v) is 10.5. The van der Waals surface area contributed by atoms with Crippen LogP contribution in [0.25, 0.3) is 0 Å². The minimum atomic E-state index is -4.71. The predicted octanol–water partition coefficient (Wildman–Crippen LogP) is 3.79. The van der Waals surface area contributed by atoms with Crippen LogP contribution < -0.4 is 5.32 Å². The lowest BCUT2D eigenvalue weighted by molar-refractivity contribution is -0.388. The number of anilines is 1. The molecule has 2 heterocycles. The van der Waals surface area contributed by atoms with Gasteiger partial charge in [-0.1, -0.05) is 0 Å². The number of nitro groups is 1. The molecule has 0 radical (unpaired) electrons. The molecule has 0 aliphatic carbocycles. The lowest BCUT2D eigenvalue weighted by Gasteiger charge is -2.23. The summed E-state index contributed by atoms with van der Waals surface area (Å²) < 4.78 is 38.4. The predicted molar refractivity (Wildman–Crippen MR) is 104 cm³/mol. The van der Waals surface area contributed by atoms with Crippen LogP contribution in [0.2, 0.25) is 0 Å². The van der Waals surface area contributed by atoms with Crippen LogP contribution in [-0.2, 0) is 15.8 Å². The molecule has 1 aromatic carbocycles. The van der Waals surface area contributed by atoms with E-state index in [1.54, 1.807) is 5.38 Å². The van der Waals surface area contributed by atoms with Gasteiger partial charge in [-0.2, -0.15) is 13.2 Å². The van der Waals surface area contributed by atoms with Crippen molar-refractivity contribution in [2.45, 2.75) is 30.0 Å². The third-order valence-electron chi connectivity index (χ3n) is 4.37. The van der Waals surface area contributed by atoms with Gasteiger partial charge in [0.15, 0.2) is 5.13 Å². The number of likely N-dealkylation sites (tertiary alicyclic amines) is 1. The zero-order valence-electron chi connectivity index (χ0n) is 15.2. The number of nitro benzene ring substituents is 1. The average molecular weight is 460 g/mol. The van der Waals surface area contributed by atoms with Gasteiger partial charge in [0, 0.05) is 24.2 Å². The fourth-order valence-electron chi connectivity index (χ4n) is 2.99. The van der Waals surface area contributed by atoms with Crippen molar-refractivity contribution in [3.8, 4) is 0 Å². The summed E-state index contributed by atoms with van der Waals surface area (Å²) in [7, 11) is 0. The molecule has 2 amide bonds. The second kappa shape index (κ2) is 9.00. The Kier molecular flexibility index (Phi) is 6.61. The van der Waals surface area contributed by atoms with E-state index in [0.717, 1.165) is 23.9 Å². The largest absolute Gasteiger partial charge is 0.416 e. The van der Waals surface area contributed by atoms with E-state index < -0.39 is 34.3 Å². The summed E-state index contributed by atoms with van der Waals surface area (Å²) in [6.07, 6.45) is -2.09. The van der Waals surface area contributed by atoms with E-state index in [1.807, 2.05) is 0 Å². The van der Waals surface area contributed by atoms with Crippen LogP contribution >= 0.6 is 23.1 Å². The summed E-state index contributed by atoms with van der Waals surface area (Å²) >= 11 is 2.01. The second-order valence-electron chi connectivity index (χ2n) is 6.30. The van der Waals surface area contributed by atoms with Crippen LogP contribution in [-0.4, -0.2) is 45.0 Å². The minimum Gasteiger partial charge on any atom is -0.330 e. The number of halogens is 3. The zero-order chi connectivity index (χ0) is 21.9. The van der Waals surface area contributed by atoms with E-state index in [0.29, 0.717) is 30.6 Å². The van der Waals surface area contributed by atoms with Gasteiger partial charge in [-0.15, -0.1) is 23.1 Å². The van der Waals surface area contributed by atoms with Crippen LogP contribution in [0.4, 0.5) is 24.0 Å². The first kappa shape index (κ1) is 22.0. The highest BCUT2D eigenvalue weighted by Crippen LogP contribution is 2.36. The molecule has 1 saturated heterocycles. The molecule has 30 heavy (non-hydrogen) atoms. The number of nitrogens with zero attached hydrogens (tertiary/aromatic N) is 3. The molecule has 1 unspecified atom stereocenters. The normalized spacial score (nSPS) is 16.5. The van der Waals surface area contributed by atoms with E-state index >= 15 is 0 Å². The van der Waals surface area contributed by atoms with Crippen molar-refractivity contribution in [1.29, 1.82) is 0 Å². The molecule has 1 fully saturated rings. The number of rotatable bonds is 6. The molecule has 1 aromatic heterocycles. The van der Waals surface area contributed by atoms with Gasteiger partial charge < -0.3 is 10.2 Å². The summed E-state index contributed by atoms with van der Waals surface area (Å²) in [4.78, 5) is 40.6. The second-order valence-corrected chi connectivity index (χ2v) is 8.21. The Hall–Kier alpha value is -2.67. The molecule has 0 spiro atoms. The van der Waals surface area contributed by atoms with Crippen molar-refractivity contribution in [3.63, 3.8) is 0 Å². The third kappa shape index (κ3) is 5.08. The average Bonchev–Trinajstić information content (AvgIpc) is 3.36. The lowest BCUT2D eigenvalue weighted by Crippen LogP contribution is -2.43. The number of thiazole rings is 1. The molecule has 1 atom stereocenters. The smallest absolute Gasteiger partial charge is 0.330 e. The van der Waals surface area contributed by atoms with Crippen molar-refractivity contribution < 1.29 is 27.7 Å². The quantitative estimate of drug-likeness (QED) is 0.400. The minimum absolute atomic E-state index is 0.0515. The number of aromatic nitrogens is 1. The number of benzene rings is 1. The number of alkyl halides is 3. The van der Waals surface area contributed by atoms with Crippen molar-refractivity contribution in [3.05, 3.63) is 45.5 Å². The fourth-order valence-corrected chi connectivity index (χ4v) is 4.41. The first-order chi connectivity index (χ1) is 14.2. The SMILES string of the molecule is O=C(Nc1nccs1)C1CCCN1C(=O)CSc1ccc(C(F)(F)F)cc1[N+](=O)[O-]. The number of hydrogen-bond donors (Lipinski definition) is 1. The molecular formula is C17H15F3N4O4S2. The Labute approximate surface area is 176 Å². The number of thioether (sulfide) groups is 1. The van der Waals surface area contributed by atoms with Gasteiger partial charge in [-0.05, 0) is 25.0 Å². The zero-order valence-corrected chi connectivity index (χ0v) is 16.9. The van der Waals surface area contributed by atoms with Crippen LogP contribution in [0.1, 0.15) is 18.4 Å². The van der Waals surface area contributed by atoms with Crippen molar-refractivity contribution >= 4 is 45.7 Å². The van der Waals surface area contributed by atoms with Crippen LogP contribution in [0, 0.1) is 10.1 Å². The van der Waals surface area contributed by atoms with E-state index in [9.17, 15) is 32.9 Å².